The van der Waals surface area contributed by atoms with Gasteiger partial charge in [-0.15, -0.1) is 0 Å². The molecule has 7 heteroatoms. The molecule has 0 bridgehead atoms. The molecule has 0 spiro atoms. The SMILES string of the molecule is CC(O)COC(C)COC(C)COC(=O)CCCCC(=O)O. The number of carboxylic acids is 1. The van der Waals surface area contributed by atoms with Gasteiger partial charge in [-0.2, -0.15) is 0 Å². The highest BCUT2D eigenvalue weighted by Crippen LogP contribution is 2.03. The minimum atomic E-state index is -0.859. The van der Waals surface area contributed by atoms with Crippen molar-refractivity contribution in [2.75, 3.05) is 19.8 Å². The van der Waals surface area contributed by atoms with E-state index in [0.717, 1.165) is 0 Å². The molecule has 3 atom stereocenters. The highest BCUT2D eigenvalue weighted by atomic mass is 16.6. The Morgan fingerprint density at radius 2 is 1.45 bits per heavy atom. The van der Waals surface area contributed by atoms with Gasteiger partial charge in [0.2, 0.25) is 0 Å². The fourth-order valence-corrected chi connectivity index (χ4v) is 1.53. The van der Waals surface area contributed by atoms with Crippen LogP contribution in [-0.4, -0.2) is 60.3 Å². The lowest BCUT2D eigenvalue weighted by molar-refractivity contribution is -0.149. The van der Waals surface area contributed by atoms with E-state index in [0.29, 0.717) is 19.4 Å². The van der Waals surface area contributed by atoms with Crippen LogP contribution in [0.15, 0.2) is 0 Å². The standard InChI is InChI=1S/C15H28O7/c1-11(16)8-20-12(2)9-21-13(3)10-22-15(19)7-5-4-6-14(17)18/h11-13,16H,4-10H2,1-3H3,(H,17,18). The van der Waals surface area contributed by atoms with Crippen LogP contribution >= 0.6 is 0 Å². The van der Waals surface area contributed by atoms with Gasteiger partial charge in [0.25, 0.3) is 0 Å². The molecular weight excluding hydrogens is 292 g/mol. The van der Waals surface area contributed by atoms with Gasteiger partial charge < -0.3 is 24.4 Å². The lowest BCUT2D eigenvalue weighted by atomic mass is 10.2. The second-order valence-corrected chi connectivity index (χ2v) is 5.42. The van der Waals surface area contributed by atoms with Crippen molar-refractivity contribution < 1.29 is 34.0 Å². The third-order valence-corrected chi connectivity index (χ3v) is 2.74. The van der Waals surface area contributed by atoms with E-state index < -0.39 is 12.1 Å². The van der Waals surface area contributed by atoms with Gasteiger partial charge in [-0.1, -0.05) is 0 Å². The van der Waals surface area contributed by atoms with Crippen molar-refractivity contribution in [3.63, 3.8) is 0 Å². The first-order valence-electron chi connectivity index (χ1n) is 7.60. The molecule has 0 rings (SSSR count). The summed E-state index contributed by atoms with van der Waals surface area (Å²) in [7, 11) is 0. The number of aliphatic hydroxyl groups excluding tert-OH is 1. The summed E-state index contributed by atoms with van der Waals surface area (Å²) in [6, 6.07) is 0. The molecule has 0 heterocycles. The summed E-state index contributed by atoms with van der Waals surface area (Å²) in [4.78, 5) is 21.7. The second kappa shape index (κ2) is 12.4. The number of rotatable bonds is 13. The normalized spacial score (nSPS) is 15.1. The topological polar surface area (TPSA) is 102 Å². The van der Waals surface area contributed by atoms with E-state index in [2.05, 4.69) is 0 Å². The van der Waals surface area contributed by atoms with E-state index >= 15 is 0 Å². The van der Waals surface area contributed by atoms with Gasteiger partial charge in [0.15, 0.2) is 0 Å². The molecule has 22 heavy (non-hydrogen) atoms. The van der Waals surface area contributed by atoms with Crippen LogP contribution in [0.4, 0.5) is 0 Å². The summed E-state index contributed by atoms with van der Waals surface area (Å²) in [5, 5.41) is 17.6. The average molecular weight is 320 g/mol. The van der Waals surface area contributed by atoms with Crippen LogP contribution in [0, 0.1) is 0 Å². The molecule has 3 unspecified atom stereocenters. The maximum absolute atomic E-state index is 11.4. The van der Waals surface area contributed by atoms with E-state index in [1.807, 2.05) is 6.92 Å². The summed E-state index contributed by atoms with van der Waals surface area (Å²) in [6.07, 6.45) is 0.343. The fourth-order valence-electron chi connectivity index (χ4n) is 1.53. The summed E-state index contributed by atoms with van der Waals surface area (Å²) in [6.45, 7) is 6.03. The number of carbonyl (C=O) groups is 2. The number of hydrogen-bond acceptors (Lipinski definition) is 6. The van der Waals surface area contributed by atoms with Crippen molar-refractivity contribution in [3.05, 3.63) is 0 Å². The third kappa shape index (κ3) is 13.8. The summed E-state index contributed by atoms with van der Waals surface area (Å²) >= 11 is 0. The monoisotopic (exact) mass is 320 g/mol. The highest BCUT2D eigenvalue weighted by Gasteiger charge is 2.11. The largest absolute Gasteiger partial charge is 0.481 e. The number of hydrogen-bond donors (Lipinski definition) is 2. The Bertz CT molecular complexity index is 317. The molecule has 0 aliphatic heterocycles. The van der Waals surface area contributed by atoms with Gasteiger partial charge in [-0.3, -0.25) is 9.59 Å². The molecule has 0 aliphatic rings. The lowest BCUT2D eigenvalue weighted by Crippen LogP contribution is -2.26. The minimum absolute atomic E-state index is 0.0666. The van der Waals surface area contributed by atoms with Gasteiger partial charge in [-0.25, -0.2) is 0 Å². The van der Waals surface area contributed by atoms with Crippen LogP contribution in [0.25, 0.3) is 0 Å². The molecule has 0 amide bonds. The Labute approximate surface area is 131 Å². The quantitative estimate of drug-likeness (QED) is 0.390. The van der Waals surface area contributed by atoms with Crippen LogP contribution in [0.1, 0.15) is 46.5 Å². The fraction of sp³-hybridized carbons (Fsp3) is 0.867. The molecule has 130 valence electrons. The average Bonchev–Trinajstić information content (AvgIpc) is 2.45. The van der Waals surface area contributed by atoms with E-state index in [9.17, 15) is 9.59 Å². The van der Waals surface area contributed by atoms with Crippen LogP contribution in [0.3, 0.4) is 0 Å². The third-order valence-electron chi connectivity index (χ3n) is 2.74. The molecule has 0 saturated heterocycles. The summed E-state index contributed by atoms with van der Waals surface area (Å²) in [5.41, 5.74) is 0. The predicted molar refractivity (Wildman–Crippen MR) is 79.6 cm³/mol. The molecule has 0 fully saturated rings. The molecule has 0 saturated carbocycles. The van der Waals surface area contributed by atoms with E-state index in [1.165, 1.54) is 0 Å². The molecule has 2 N–H and O–H groups in total. The molecular formula is C15H28O7. The van der Waals surface area contributed by atoms with Gasteiger partial charge in [0.1, 0.15) is 6.61 Å². The Morgan fingerprint density at radius 3 is 2.05 bits per heavy atom. The minimum Gasteiger partial charge on any atom is -0.481 e. The molecule has 0 aromatic rings. The first-order chi connectivity index (χ1) is 10.3. The summed E-state index contributed by atoms with van der Waals surface area (Å²) in [5.74, 6) is -1.21. The number of ether oxygens (including phenoxy) is 3. The maximum Gasteiger partial charge on any atom is 0.305 e. The zero-order valence-electron chi connectivity index (χ0n) is 13.6. The van der Waals surface area contributed by atoms with Gasteiger partial charge >= 0.3 is 11.9 Å². The van der Waals surface area contributed by atoms with Gasteiger partial charge in [0.05, 0.1) is 31.5 Å². The van der Waals surface area contributed by atoms with E-state index in [-0.39, 0.29) is 44.2 Å². The Hall–Kier alpha value is -1.18. The number of carbonyl (C=O) groups excluding carboxylic acids is 1. The molecule has 0 aromatic heterocycles. The lowest BCUT2D eigenvalue weighted by Gasteiger charge is -2.18. The van der Waals surface area contributed by atoms with Crippen molar-refractivity contribution in [2.24, 2.45) is 0 Å². The number of unbranched alkanes of at least 4 members (excludes halogenated alkanes) is 1. The van der Waals surface area contributed by atoms with Crippen molar-refractivity contribution in [3.8, 4) is 0 Å². The molecule has 7 nitrogen and oxygen atoms in total. The Kier molecular flexibility index (Phi) is 11.7. The van der Waals surface area contributed by atoms with Gasteiger partial charge in [0, 0.05) is 12.8 Å². The zero-order chi connectivity index (χ0) is 17.0. The van der Waals surface area contributed by atoms with Crippen molar-refractivity contribution in [1.82, 2.24) is 0 Å². The van der Waals surface area contributed by atoms with Crippen LogP contribution in [0.2, 0.25) is 0 Å². The maximum atomic E-state index is 11.4. The predicted octanol–water partition coefficient (Wildman–Crippen LogP) is 1.37. The molecule has 0 aromatic carbocycles. The number of aliphatic carboxylic acids is 1. The second-order valence-electron chi connectivity index (χ2n) is 5.42. The summed E-state index contributed by atoms with van der Waals surface area (Å²) < 4.78 is 15.9. The number of esters is 1. The Balaban J connectivity index is 3.60. The van der Waals surface area contributed by atoms with Crippen LogP contribution in [0.5, 0.6) is 0 Å². The first kappa shape index (κ1) is 20.8. The van der Waals surface area contributed by atoms with Gasteiger partial charge in [-0.05, 0) is 33.6 Å². The molecule has 0 radical (unpaired) electrons. The zero-order valence-corrected chi connectivity index (χ0v) is 13.6. The first-order valence-corrected chi connectivity index (χ1v) is 7.60. The number of aliphatic hydroxyl groups is 1. The van der Waals surface area contributed by atoms with E-state index in [4.69, 9.17) is 24.4 Å². The Morgan fingerprint density at radius 1 is 0.909 bits per heavy atom. The molecule has 0 aliphatic carbocycles. The van der Waals surface area contributed by atoms with Crippen LogP contribution < -0.4 is 0 Å². The smallest absolute Gasteiger partial charge is 0.305 e. The van der Waals surface area contributed by atoms with Crippen molar-refractivity contribution in [1.29, 1.82) is 0 Å². The number of carboxylic acid groups (broad SMARTS) is 1. The van der Waals surface area contributed by atoms with Crippen molar-refractivity contribution in [2.45, 2.75) is 64.8 Å². The van der Waals surface area contributed by atoms with Crippen molar-refractivity contribution >= 4 is 11.9 Å². The van der Waals surface area contributed by atoms with Crippen LogP contribution in [-0.2, 0) is 23.8 Å². The van der Waals surface area contributed by atoms with E-state index in [1.54, 1.807) is 13.8 Å². The highest BCUT2D eigenvalue weighted by molar-refractivity contribution is 5.69.